The molecular formula is C20H34N2O. The molecule has 1 aromatic rings. The zero-order valence-electron chi connectivity index (χ0n) is 14.7. The summed E-state index contributed by atoms with van der Waals surface area (Å²) in [5.74, 6) is -0.0767. The van der Waals surface area contributed by atoms with E-state index in [0.717, 1.165) is 18.5 Å². The van der Waals surface area contributed by atoms with Gasteiger partial charge in [-0.3, -0.25) is 4.79 Å². The Hall–Kier alpha value is -1.35. The summed E-state index contributed by atoms with van der Waals surface area (Å²) in [6.45, 7) is 2.99. The lowest BCUT2D eigenvalue weighted by Crippen LogP contribution is -2.34. The molecule has 3 nitrogen and oxygen atoms in total. The second-order valence-corrected chi connectivity index (χ2v) is 6.36. The van der Waals surface area contributed by atoms with Crippen molar-refractivity contribution in [3.63, 3.8) is 0 Å². The molecule has 0 bridgehead atoms. The molecule has 0 saturated heterocycles. The van der Waals surface area contributed by atoms with Gasteiger partial charge in [-0.1, -0.05) is 95.0 Å². The summed E-state index contributed by atoms with van der Waals surface area (Å²) >= 11 is 0. The topological polar surface area (TPSA) is 55.1 Å². The average molecular weight is 319 g/mol. The molecule has 0 saturated carbocycles. The molecule has 1 rings (SSSR count). The standard InChI is InChI=1S/C20H34N2O/c1-2-3-4-5-6-7-8-9-10-14-17-22-20(23)19(21)18-15-12-11-13-16-18/h11-13,15-16,19H,2-10,14,17,21H2,1H3,(H,22,23)/t19-/m0/s1. The van der Waals surface area contributed by atoms with Crippen molar-refractivity contribution in [2.45, 2.75) is 77.2 Å². The number of amides is 1. The summed E-state index contributed by atoms with van der Waals surface area (Å²) in [6.07, 6.45) is 13.0. The molecule has 3 heteroatoms. The normalized spacial score (nSPS) is 12.1. The Bertz CT molecular complexity index is 405. The third-order valence-electron chi connectivity index (χ3n) is 4.27. The van der Waals surface area contributed by atoms with E-state index >= 15 is 0 Å². The van der Waals surface area contributed by atoms with Crippen molar-refractivity contribution in [3.8, 4) is 0 Å². The van der Waals surface area contributed by atoms with Crippen LogP contribution in [0.5, 0.6) is 0 Å². The van der Waals surface area contributed by atoms with Gasteiger partial charge in [0.1, 0.15) is 6.04 Å². The van der Waals surface area contributed by atoms with Crippen LogP contribution in [-0.4, -0.2) is 12.5 Å². The van der Waals surface area contributed by atoms with Crippen LogP contribution in [0.3, 0.4) is 0 Å². The molecule has 0 unspecified atom stereocenters. The van der Waals surface area contributed by atoms with Gasteiger partial charge in [-0.25, -0.2) is 0 Å². The second-order valence-electron chi connectivity index (χ2n) is 6.36. The van der Waals surface area contributed by atoms with Crippen LogP contribution < -0.4 is 11.1 Å². The van der Waals surface area contributed by atoms with Gasteiger partial charge < -0.3 is 11.1 Å². The highest BCUT2D eigenvalue weighted by Gasteiger charge is 2.14. The van der Waals surface area contributed by atoms with Gasteiger partial charge in [0.2, 0.25) is 5.91 Å². The maximum Gasteiger partial charge on any atom is 0.241 e. The average Bonchev–Trinajstić information content (AvgIpc) is 2.59. The Morgan fingerprint density at radius 1 is 0.913 bits per heavy atom. The van der Waals surface area contributed by atoms with Gasteiger partial charge in [0.05, 0.1) is 0 Å². The SMILES string of the molecule is CCCCCCCCCCCCNC(=O)[C@@H](N)c1ccccc1. The van der Waals surface area contributed by atoms with Crippen molar-refractivity contribution >= 4 is 5.91 Å². The third-order valence-corrected chi connectivity index (χ3v) is 4.27. The van der Waals surface area contributed by atoms with Crippen LogP contribution in [-0.2, 0) is 4.79 Å². The molecule has 0 aliphatic heterocycles. The highest BCUT2D eigenvalue weighted by atomic mass is 16.2. The predicted octanol–water partition coefficient (Wildman–Crippen LogP) is 4.72. The Labute approximate surface area is 142 Å². The van der Waals surface area contributed by atoms with Gasteiger partial charge in [0.25, 0.3) is 0 Å². The zero-order chi connectivity index (χ0) is 16.8. The highest BCUT2D eigenvalue weighted by Crippen LogP contribution is 2.11. The monoisotopic (exact) mass is 318 g/mol. The Kier molecular flexibility index (Phi) is 11.2. The second kappa shape index (κ2) is 13.1. The fourth-order valence-corrected chi connectivity index (χ4v) is 2.75. The minimum absolute atomic E-state index is 0.0767. The van der Waals surface area contributed by atoms with E-state index in [1.54, 1.807) is 0 Å². The number of hydrogen-bond donors (Lipinski definition) is 2. The van der Waals surface area contributed by atoms with Crippen molar-refractivity contribution in [1.82, 2.24) is 5.32 Å². The first-order valence-corrected chi connectivity index (χ1v) is 9.34. The van der Waals surface area contributed by atoms with Crippen LogP contribution in [0, 0.1) is 0 Å². The maximum absolute atomic E-state index is 12.0. The Balaban J connectivity index is 1.95. The predicted molar refractivity (Wildman–Crippen MR) is 98.2 cm³/mol. The molecule has 130 valence electrons. The Morgan fingerprint density at radius 2 is 1.43 bits per heavy atom. The van der Waals surface area contributed by atoms with Gasteiger partial charge >= 0.3 is 0 Å². The number of carbonyl (C=O) groups excluding carboxylic acids is 1. The smallest absolute Gasteiger partial charge is 0.241 e. The fourth-order valence-electron chi connectivity index (χ4n) is 2.75. The molecule has 0 aliphatic rings. The van der Waals surface area contributed by atoms with E-state index in [-0.39, 0.29) is 5.91 Å². The van der Waals surface area contributed by atoms with Crippen LogP contribution in [0.1, 0.15) is 82.7 Å². The number of nitrogens with two attached hydrogens (primary N) is 1. The first kappa shape index (κ1) is 19.7. The summed E-state index contributed by atoms with van der Waals surface area (Å²) in [5.41, 5.74) is 6.83. The first-order chi connectivity index (χ1) is 11.3. The lowest BCUT2D eigenvalue weighted by molar-refractivity contribution is -0.122. The number of unbranched alkanes of at least 4 members (excludes halogenated alkanes) is 9. The van der Waals surface area contributed by atoms with Crippen LogP contribution >= 0.6 is 0 Å². The van der Waals surface area contributed by atoms with E-state index in [9.17, 15) is 4.79 Å². The van der Waals surface area contributed by atoms with Gasteiger partial charge in [0, 0.05) is 6.54 Å². The molecule has 0 aromatic heterocycles. The summed E-state index contributed by atoms with van der Waals surface area (Å²) in [6, 6.07) is 8.97. The molecule has 1 aromatic carbocycles. The number of hydrogen-bond acceptors (Lipinski definition) is 2. The maximum atomic E-state index is 12.0. The summed E-state index contributed by atoms with van der Waals surface area (Å²) in [4.78, 5) is 12.0. The lowest BCUT2D eigenvalue weighted by atomic mass is 10.1. The van der Waals surface area contributed by atoms with Gasteiger partial charge in [-0.05, 0) is 12.0 Å². The van der Waals surface area contributed by atoms with Crippen molar-refractivity contribution in [2.24, 2.45) is 5.73 Å². The number of nitrogens with one attached hydrogen (secondary N) is 1. The first-order valence-electron chi connectivity index (χ1n) is 9.34. The van der Waals surface area contributed by atoms with Crippen molar-refractivity contribution in [2.75, 3.05) is 6.54 Å². The number of rotatable bonds is 13. The van der Waals surface area contributed by atoms with Gasteiger partial charge in [0.15, 0.2) is 0 Å². The van der Waals surface area contributed by atoms with E-state index < -0.39 is 6.04 Å². The van der Waals surface area contributed by atoms with Crippen LogP contribution in [0.4, 0.5) is 0 Å². The fraction of sp³-hybridized carbons (Fsp3) is 0.650. The summed E-state index contributed by atoms with van der Waals surface area (Å²) < 4.78 is 0. The molecule has 0 aliphatic carbocycles. The van der Waals surface area contributed by atoms with Gasteiger partial charge in [-0.15, -0.1) is 0 Å². The summed E-state index contributed by atoms with van der Waals surface area (Å²) in [7, 11) is 0. The molecule has 23 heavy (non-hydrogen) atoms. The Morgan fingerprint density at radius 3 is 2.00 bits per heavy atom. The molecule has 1 atom stereocenters. The van der Waals surface area contributed by atoms with E-state index in [1.165, 1.54) is 57.8 Å². The van der Waals surface area contributed by atoms with E-state index in [0.29, 0.717) is 0 Å². The molecule has 0 heterocycles. The quantitative estimate of drug-likeness (QED) is 0.517. The van der Waals surface area contributed by atoms with Crippen molar-refractivity contribution < 1.29 is 4.79 Å². The van der Waals surface area contributed by atoms with E-state index in [2.05, 4.69) is 12.2 Å². The highest BCUT2D eigenvalue weighted by molar-refractivity contribution is 5.82. The van der Waals surface area contributed by atoms with Crippen LogP contribution in [0.2, 0.25) is 0 Å². The summed E-state index contributed by atoms with van der Waals surface area (Å²) in [5, 5.41) is 2.94. The lowest BCUT2D eigenvalue weighted by Gasteiger charge is -2.12. The van der Waals surface area contributed by atoms with Crippen molar-refractivity contribution in [1.29, 1.82) is 0 Å². The van der Waals surface area contributed by atoms with E-state index in [1.807, 2.05) is 30.3 Å². The molecule has 3 N–H and O–H groups in total. The van der Waals surface area contributed by atoms with Crippen LogP contribution in [0.25, 0.3) is 0 Å². The largest absolute Gasteiger partial charge is 0.354 e. The van der Waals surface area contributed by atoms with Crippen LogP contribution in [0.15, 0.2) is 30.3 Å². The zero-order valence-corrected chi connectivity index (χ0v) is 14.7. The third kappa shape index (κ3) is 9.39. The molecule has 0 radical (unpaired) electrons. The number of benzene rings is 1. The molecule has 1 amide bonds. The van der Waals surface area contributed by atoms with Gasteiger partial charge in [-0.2, -0.15) is 0 Å². The molecule has 0 spiro atoms. The number of carbonyl (C=O) groups is 1. The van der Waals surface area contributed by atoms with E-state index in [4.69, 9.17) is 5.73 Å². The minimum atomic E-state index is -0.556. The molecule has 0 fully saturated rings. The molecular weight excluding hydrogens is 284 g/mol. The van der Waals surface area contributed by atoms with Crippen molar-refractivity contribution in [3.05, 3.63) is 35.9 Å². The minimum Gasteiger partial charge on any atom is -0.354 e.